The largest absolute Gasteiger partial charge is 0.367 e. The van der Waals surface area contributed by atoms with E-state index < -0.39 is 11.7 Å². The highest BCUT2D eigenvalue weighted by Crippen LogP contribution is 2.28. The Kier molecular flexibility index (Phi) is 8.55. The summed E-state index contributed by atoms with van der Waals surface area (Å²) in [7, 11) is 0. The van der Waals surface area contributed by atoms with Crippen LogP contribution < -0.4 is 15.5 Å². The number of halogens is 1. The molecule has 9 heteroatoms. The van der Waals surface area contributed by atoms with Crippen molar-refractivity contribution in [3.8, 4) is 0 Å². The molecule has 1 aliphatic rings. The van der Waals surface area contributed by atoms with Gasteiger partial charge in [0.1, 0.15) is 5.82 Å². The van der Waals surface area contributed by atoms with E-state index >= 15 is 0 Å². The molecule has 8 nitrogen and oxygen atoms in total. The summed E-state index contributed by atoms with van der Waals surface area (Å²) in [5, 5.41) is 5.70. The summed E-state index contributed by atoms with van der Waals surface area (Å²) in [6, 6.07) is 10.8. The van der Waals surface area contributed by atoms with Crippen LogP contribution in [-0.2, 0) is 0 Å². The van der Waals surface area contributed by atoms with Crippen LogP contribution in [0.5, 0.6) is 0 Å². The Bertz CT molecular complexity index is 1100. The quantitative estimate of drug-likeness (QED) is 0.627. The minimum absolute atomic E-state index is 0.0668. The third-order valence-electron chi connectivity index (χ3n) is 6.04. The number of nitrogens with zero attached hydrogens (tertiary/aromatic N) is 3. The lowest BCUT2D eigenvalue weighted by atomic mass is 10.1. The molecule has 0 radical (unpaired) electrons. The maximum Gasteiger partial charge on any atom is 0.317 e. The smallest absolute Gasteiger partial charge is 0.317 e. The van der Waals surface area contributed by atoms with E-state index in [9.17, 15) is 18.8 Å². The second kappa shape index (κ2) is 11.4. The third kappa shape index (κ3) is 6.53. The molecular formula is C27H36FN5O3. The van der Waals surface area contributed by atoms with E-state index in [0.717, 1.165) is 5.69 Å². The average Bonchev–Trinajstić information content (AvgIpc) is 2.84. The number of hydrogen-bond acceptors (Lipinski definition) is 4. The van der Waals surface area contributed by atoms with Crippen molar-refractivity contribution in [2.24, 2.45) is 0 Å². The molecule has 3 rings (SSSR count). The lowest BCUT2D eigenvalue weighted by Gasteiger charge is -2.38. The monoisotopic (exact) mass is 497 g/mol. The van der Waals surface area contributed by atoms with Crippen LogP contribution in [0.15, 0.2) is 42.5 Å². The summed E-state index contributed by atoms with van der Waals surface area (Å²) in [5.41, 5.74) is 1.22. The number of piperazine rings is 1. The lowest BCUT2D eigenvalue weighted by molar-refractivity contribution is 0.0773. The summed E-state index contributed by atoms with van der Waals surface area (Å²) in [5.74, 6) is -1.34. The van der Waals surface area contributed by atoms with Crippen molar-refractivity contribution < 1.29 is 18.8 Å². The molecule has 0 unspecified atom stereocenters. The first-order valence-electron chi connectivity index (χ1n) is 12.3. The number of carbonyl (C=O) groups is 3. The van der Waals surface area contributed by atoms with Crippen molar-refractivity contribution in [1.29, 1.82) is 0 Å². The Labute approximate surface area is 212 Å². The number of amides is 4. The van der Waals surface area contributed by atoms with Gasteiger partial charge in [-0.1, -0.05) is 12.1 Å². The van der Waals surface area contributed by atoms with Gasteiger partial charge in [0, 0.05) is 56.2 Å². The first-order chi connectivity index (χ1) is 17.0. The van der Waals surface area contributed by atoms with Crippen LogP contribution in [-0.4, -0.2) is 72.5 Å². The number of nitrogens with one attached hydrogen (secondary N) is 2. The molecule has 0 aromatic heterocycles. The highest BCUT2D eigenvalue weighted by Gasteiger charge is 2.27. The van der Waals surface area contributed by atoms with Crippen LogP contribution in [0.4, 0.5) is 20.6 Å². The van der Waals surface area contributed by atoms with Crippen LogP contribution in [0.2, 0.25) is 0 Å². The Morgan fingerprint density at radius 2 is 1.58 bits per heavy atom. The minimum Gasteiger partial charge on any atom is -0.367 e. The van der Waals surface area contributed by atoms with Crippen LogP contribution in [0.1, 0.15) is 55.3 Å². The molecule has 2 aromatic rings. The van der Waals surface area contributed by atoms with E-state index in [1.807, 2.05) is 34.6 Å². The van der Waals surface area contributed by atoms with E-state index in [1.165, 1.54) is 18.2 Å². The molecule has 194 valence electrons. The van der Waals surface area contributed by atoms with Crippen LogP contribution >= 0.6 is 0 Å². The second-order valence-electron chi connectivity index (χ2n) is 9.80. The van der Waals surface area contributed by atoms with Crippen molar-refractivity contribution in [2.45, 2.75) is 40.2 Å². The number of anilines is 2. The Morgan fingerprint density at radius 3 is 2.17 bits per heavy atom. The average molecular weight is 498 g/mol. The van der Waals surface area contributed by atoms with E-state index in [1.54, 1.807) is 34.1 Å². The van der Waals surface area contributed by atoms with Gasteiger partial charge in [-0.25, -0.2) is 9.18 Å². The van der Waals surface area contributed by atoms with Gasteiger partial charge < -0.3 is 25.3 Å². The van der Waals surface area contributed by atoms with Crippen molar-refractivity contribution >= 4 is 29.2 Å². The van der Waals surface area contributed by atoms with Crippen molar-refractivity contribution in [2.75, 3.05) is 49.5 Å². The molecule has 0 bridgehead atoms. The molecule has 1 saturated heterocycles. The highest BCUT2D eigenvalue weighted by molar-refractivity contribution is 6.06. The first kappa shape index (κ1) is 27.0. The molecule has 0 atom stereocenters. The van der Waals surface area contributed by atoms with Crippen molar-refractivity contribution in [3.63, 3.8) is 0 Å². The molecule has 1 fully saturated rings. The van der Waals surface area contributed by atoms with E-state index in [2.05, 4.69) is 15.5 Å². The lowest BCUT2D eigenvalue weighted by Crippen LogP contribution is -2.55. The summed E-state index contributed by atoms with van der Waals surface area (Å²) in [4.78, 5) is 44.2. The van der Waals surface area contributed by atoms with E-state index in [4.69, 9.17) is 0 Å². The zero-order chi connectivity index (χ0) is 26.5. The molecule has 2 N–H and O–H groups in total. The molecule has 0 aliphatic carbocycles. The Morgan fingerprint density at radius 1 is 0.944 bits per heavy atom. The predicted molar refractivity (Wildman–Crippen MR) is 140 cm³/mol. The van der Waals surface area contributed by atoms with Crippen LogP contribution in [0.25, 0.3) is 0 Å². The highest BCUT2D eigenvalue weighted by atomic mass is 19.1. The van der Waals surface area contributed by atoms with Crippen LogP contribution in [0, 0.1) is 5.82 Å². The van der Waals surface area contributed by atoms with Gasteiger partial charge in [-0.3, -0.25) is 9.59 Å². The summed E-state index contributed by atoms with van der Waals surface area (Å²) in [6.07, 6.45) is 0. The molecule has 1 heterocycles. The number of benzene rings is 2. The zero-order valence-corrected chi connectivity index (χ0v) is 21.7. The van der Waals surface area contributed by atoms with Gasteiger partial charge >= 0.3 is 6.03 Å². The van der Waals surface area contributed by atoms with Crippen LogP contribution in [0.3, 0.4) is 0 Å². The summed E-state index contributed by atoms with van der Waals surface area (Å²) in [6.45, 7) is 12.9. The predicted octanol–water partition coefficient (Wildman–Crippen LogP) is 4.19. The van der Waals surface area contributed by atoms with Gasteiger partial charge in [0.15, 0.2) is 0 Å². The van der Waals surface area contributed by atoms with Gasteiger partial charge in [-0.2, -0.15) is 0 Å². The summed E-state index contributed by atoms with van der Waals surface area (Å²) >= 11 is 0. The SMILES string of the molecule is CCN(CC)C(=O)c1cc(NC(=O)c2ccccc2F)ccc1N1CCN(C(=O)NC(C)(C)C)CC1. The third-order valence-corrected chi connectivity index (χ3v) is 6.04. The normalized spacial score (nSPS) is 13.8. The topological polar surface area (TPSA) is 85.0 Å². The van der Waals surface area contributed by atoms with Crippen molar-refractivity contribution in [3.05, 3.63) is 59.4 Å². The zero-order valence-electron chi connectivity index (χ0n) is 21.7. The van der Waals surface area contributed by atoms with Crippen molar-refractivity contribution in [1.82, 2.24) is 15.1 Å². The fraction of sp³-hybridized carbons (Fsp3) is 0.444. The first-order valence-corrected chi connectivity index (χ1v) is 12.3. The molecule has 4 amide bonds. The fourth-order valence-corrected chi connectivity index (χ4v) is 4.14. The number of rotatable bonds is 6. The van der Waals surface area contributed by atoms with E-state index in [-0.39, 0.29) is 23.0 Å². The Hall–Kier alpha value is -3.62. The Balaban J connectivity index is 1.84. The summed E-state index contributed by atoms with van der Waals surface area (Å²) < 4.78 is 14.1. The standard InChI is InChI=1S/C27H36FN5O3/c1-6-31(7-2)25(35)21-18-19(29-24(34)20-10-8-9-11-22(20)28)12-13-23(21)32-14-16-33(17-15-32)26(36)30-27(3,4)5/h8-13,18H,6-7,14-17H2,1-5H3,(H,29,34)(H,30,36). The number of hydrogen-bond donors (Lipinski definition) is 2. The molecule has 2 aromatic carbocycles. The van der Waals surface area contributed by atoms with Gasteiger partial charge in [-0.05, 0) is 65.0 Å². The number of urea groups is 1. The molecule has 1 aliphatic heterocycles. The maximum absolute atomic E-state index is 14.1. The minimum atomic E-state index is -0.612. The van der Waals surface area contributed by atoms with Gasteiger partial charge in [0.2, 0.25) is 0 Å². The van der Waals surface area contributed by atoms with Gasteiger partial charge in [0.25, 0.3) is 11.8 Å². The van der Waals surface area contributed by atoms with Gasteiger partial charge in [0.05, 0.1) is 11.1 Å². The molecular weight excluding hydrogens is 461 g/mol. The molecule has 36 heavy (non-hydrogen) atoms. The molecule has 0 spiro atoms. The van der Waals surface area contributed by atoms with E-state index in [0.29, 0.717) is 50.5 Å². The fourth-order valence-electron chi connectivity index (χ4n) is 4.14. The molecule has 0 saturated carbocycles. The van der Waals surface area contributed by atoms with Gasteiger partial charge in [-0.15, -0.1) is 0 Å². The maximum atomic E-state index is 14.1. The second-order valence-corrected chi connectivity index (χ2v) is 9.80. The number of carbonyl (C=O) groups excluding carboxylic acids is 3.